The maximum absolute atomic E-state index is 14.6. The van der Waals surface area contributed by atoms with Gasteiger partial charge in [-0.05, 0) is 54.3 Å². The minimum Gasteiger partial charge on any atom is -0.325 e. The highest BCUT2D eigenvalue weighted by Gasteiger charge is 2.41. The standard InChI is InChI=1S/C25H22ClF4N3O/c26-20-8-9-22(31-16-20)24(15-17-6-2-1-3-7-17,32-23(34)33-10-4-5-11-33)18-12-19(25(28,29)30)14-21(27)13-18/h1-3,6-9,12-14,16H,4-5,10-11,15H2,(H,32,34)/t24-/m0/s1. The minimum atomic E-state index is -4.78. The van der Waals surface area contributed by atoms with Crippen LogP contribution in [0.3, 0.4) is 0 Å². The van der Waals surface area contributed by atoms with Crippen molar-refractivity contribution >= 4 is 17.6 Å². The van der Waals surface area contributed by atoms with E-state index in [1.165, 1.54) is 18.3 Å². The van der Waals surface area contributed by atoms with Gasteiger partial charge in [0.1, 0.15) is 11.4 Å². The van der Waals surface area contributed by atoms with Crippen LogP contribution >= 0.6 is 11.6 Å². The van der Waals surface area contributed by atoms with Gasteiger partial charge in [-0.3, -0.25) is 4.98 Å². The van der Waals surface area contributed by atoms with E-state index >= 15 is 0 Å². The lowest BCUT2D eigenvalue weighted by Gasteiger charge is -2.37. The summed E-state index contributed by atoms with van der Waals surface area (Å²) in [6.45, 7) is 1.05. The van der Waals surface area contributed by atoms with Crippen LogP contribution in [0.5, 0.6) is 0 Å². The van der Waals surface area contributed by atoms with Gasteiger partial charge in [0.05, 0.1) is 16.3 Å². The number of aromatic nitrogens is 1. The van der Waals surface area contributed by atoms with Crippen molar-refractivity contribution in [3.05, 3.63) is 100 Å². The normalized spacial score (nSPS) is 15.7. The predicted octanol–water partition coefficient (Wildman–Crippen LogP) is 6.18. The summed E-state index contributed by atoms with van der Waals surface area (Å²) in [6, 6.07) is 13.9. The van der Waals surface area contributed by atoms with E-state index in [0.29, 0.717) is 24.2 Å². The molecule has 1 N–H and O–H groups in total. The van der Waals surface area contributed by atoms with E-state index in [9.17, 15) is 22.4 Å². The molecule has 178 valence electrons. The molecule has 0 bridgehead atoms. The van der Waals surface area contributed by atoms with E-state index in [1.54, 1.807) is 35.2 Å². The molecule has 0 unspecified atom stereocenters. The fraction of sp³-hybridized carbons (Fsp3) is 0.280. The van der Waals surface area contributed by atoms with E-state index in [1.807, 2.05) is 0 Å². The molecule has 1 fully saturated rings. The number of likely N-dealkylation sites (tertiary alicyclic amines) is 1. The molecule has 4 nitrogen and oxygen atoms in total. The second kappa shape index (κ2) is 9.62. The Labute approximate surface area is 199 Å². The third kappa shape index (κ3) is 5.17. The number of nitrogens with one attached hydrogen (secondary N) is 1. The number of hydrogen-bond donors (Lipinski definition) is 1. The maximum Gasteiger partial charge on any atom is 0.416 e. The highest BCUT2D eigenvalue weighted by molar-refractivity contribution is 6.30. The van der Waals surface area contributed by atoms with Gasteiger partial charge >= 0.3 is 12.2 Å². The number of alkyl halides is 3. The Balaban J connectivity index is 1.94. The number of benzene rings is 2. The maximum atomic E-state index is 14.6. The van der Waals surface area contributed by atoms with Crippen LogP contribution in [0.15, 0.2) is 66.9 Å². The Morgan fingerprint density at radius 2 is 1.68 bits per heavy atom. The number of hydrogen-bond acceptors (Lipinski definition) is 2. The van der Waals surface area contributed by atoms with Gasteiger partial charge in [0.15, 0.2) is 0 Å². The molecule has 2 heterocycles. The van der Waals surface area contributed by atoms with E-state index in [-0.39, 0.29) is 17.7 Å². The summed E-state index contributed by atoms with van der Waals surface area (Å²) in [7, 11) is 0. The number of pyridine rings is 1. The Bertz CT molecular complexity index is 1150. The van der Waals surface area contributed by atoms with Crippen molar-refractivity contribution in [2.45, 2.75) is 31.0 Å². The molecule has 3 aromatic rings. The molecule has 4 rings (SSSR count). The number of rotatable bonds is 5. The van der Waals surface area contributed by atoms with Crippen LogP contribution in [-0.4, -0.2) is 29.0 Å². The lowest BCUT2D eigenvalue weighted by molar-refractivity contribution is -0.137. The fourth-order valence-electron chi connectivity index (χ4n) is 4.23. The van der Waals surface area contributed by atoms with E-state index in [4.69, 9.17) is 11.6 Å². The largest absolute Gasteiger partial charge is 0.416 e. The second-order valence-corrected chi connectivity index (χ2v) is 8.72. The molecule has 0 radical (unpaired) electrons. The van der Waals surface area contributed by atoms with Gasteiger partial charge in [0.25, 0.3) is 0 Å². The number of halogens is 5. The lowest BCUT2D eigenvalue weighted by Crippen LogP contribution is -2.53. The van der Waals surface area contributed by atoms with Crippen molar-refractivity contribution in [2.75, 3.05) is 13.1 Å². The van der Waals surface area contributed by atoms with Crippen molar-refractivity contribution in [1.29, 1.82) is 0 Å². The van der Waals surface area contributed by atoms with E-state index in [2.05, 4.69) is 10.3 Å². The van der Waals surface area contributed by atoms with Gasteiger partial charge < -0.3 is 10.2 Å². The zero-order valence-electron chi connectivity index (χ0n) is 18.1. The monoisotopic (exact) mass is 491 g/mol. The van der Waals surface area contributed by atoms with Gasteiger partial charge in [-0.1, -0.05) is 41.9 Å². The number of urea groups is 1. The number of nitrogens with zero attached hydrogens (tertiary/aromatic N) is 2. The van der Waals surface area contributed by atoms with Gasteiger partial charge in [-0.2, -0.15) is 13.2 Å². The van der Waals surface area contributed by atoms with E-state index < -0.39 is 29.1 Å². The van der Waals surface area contributed by atoms with Gasteiger partial charge in [0, 0.05) is 25.7 Å². The first-order valence-electron chi connectivity index (χ1n) is 10.8. The molecular formula is C25H22ClF4N3O. The molecule has 0 aliphatic carbocycles. The Morgan fingerprint density at radius 1 is 1.00 bits per heavy atom. The average molecular weight is 492 g/mol. The zero-order chi connectivity index (χ0) is 24.3. The van der Waals surface area contributed by atoms with Crippen LogP contribution in [0.1, 0.15) is 35.2 Å². The first-order chi connectivity index (χ1) is 16.2. The average Bonchev–Trinajstić information content (AvgIpc) is 3.34. The summed E-state index contributed by atoms with van der Waals surface area (Å²) in [5, 5.41) is 3.24. The minimum absolute atomic E-state index is 0.0444. The first-order valence-corrected chi connectivity index (χ1v) is 11.2. The Morgan fingerprint density at radius 3 is 2.29 bits per heavy atom. The molecule has 0 saturated carbocycles. The molecular weight excluding hydrogens is 470 g/mol. The summed E-state index contributed by atoms with van der Waals surface area (Å²) in [5.74, 6) is -1.06. The summed E-state index contributed by atoms with van der Waals surface area (Å²) in [6.07, 6.45) is -1.72. The van der Waals surface area contributed by atoms with Crippen molar-refractivity contribution < 1.29 is 22.4 Å². The Hall–Kier alpha value is -3.13. The summed E-state index contributed by atoms with van der Waals surface area (Å²) in [5.41, 5.74) is -1.84. The highest BCUT2D eigenvalue weighted by atomic mass is 35.5. The van der Waals surface area contributed by atoms with Gasteiger partial charge in [-0.15, -0.1) is 0 Å². The summed E-state index contributed by atoms with van der Waals surface area (Å²) < 4.78 is 55.5. The molecule has 1 aliphatic rings. The van der Waals surface area contributed by atoms with Crippen LogP contribution in [0, 0.1) is 5.82 Å². The number of carbonyl (C=O) groups excluding carboxylic acids is 1. The van der Waals surface area contributed by atoms with Crippen LogP contribution in [0.2, 0.25) is 5.02 Å². The van der Waals surface area contributed by atoms with Crippen molar-refractivity contribution in [2.24, 2.45) is 0 Å². The molecule has 1 aliphatic heterocycles. The number of carbonyl (C=O) groups is 1. The molecule has 34 heavy (non-hydrogen) atoms. The fourth-order valence-corrected chi connectivity index (χ4v) is 4.34. The molecule has 1 saturated heterocycles. The first kappa shape index (κ1) is 24.0. The summed E-state index contributed by atoms with van der Waals surface area (Å²) in [4.78, 5) is 19.2. The predicted molar refractivity (Wildman–Crippen MR) is 121 cm³/mol. The van der Waals surface area contributed by atoms with Crippen LogP contribution < -0.4 is 5.32 Å². The van der Waals surface area contributed by atoms with Gasteiger partial charge in [-0.25, -0.2) is 9.18 Å². The molecule has 2 aromatic carbocycles. The zero-order valence-corrected chi connectivity index (χ0v) is 18.8. The molecule has 9 heteroatoms. The topological polar surface area (TPSA) is 45.2 Å². The SMILES string of the molecule is O=C(N[C@@](Cc1ccccc1)(c1cc(F)cc(C(F)(F)F)c1)c1ccc(Cl)cn1)N1CCCC1. The quantitative estimate of drug-likeness (QED) is 0.433. The molecule has 1 atom stereocenters. The second-order valence-electron chi connectivity index (χ2n) is 8.28. The Kier molecular flexibility index (Phi) is 6.79. The molecule has 2 amide bonds. The van der Waals surface area contributed by atoms with Crippen molar-refractivity contribution in [3.63, 3.8) is 0 Å². The highest BCUT2D eigenvalue weighted by Crippen LogP contribution is 2.38. The third-order valence-electron chi connectivity index (χ3n) is 5.91. The van der Waals surface area contributed by atoms with Gasteiger partial charge in [0.2, 0.25) is 0 Å². The molecule has 0 spiro atoms. The number of amides is 2. The lowest BCUT2D eigenvalue weighted by atomic mass is 9.79. The van der Waals surface area contributed by atoms with Crippen molar-refractivity contribution in [1.82, 2.24) is 15.2 Å². The summed E-state index contributed by atoms with van der Waals surface area (Å²) >= 11 is 6.02. The molecule has 1 aromatic heterocycles. The third-order valence-corrected chi connectivity index (χ3v) is 6.13. The smallest absolute Gasteiger partial charge is 0.325 e. The van der Waals surface area contributed by atoms with Crippen molar-refractivity contribution in [3.8, 4) is 0 Å². The van der Waals surface area contributed by atoms with Crippen LogP contribution in [-0.2, 0) is 18.1 Å². The van der Waals surface area contributed by atoms with E-state index in [0.717, 1.165) is 30.5 Å². The van der Waals surface area contributed by atoms with Crippen LogP contribution in [0.25, 0.3) is 0 Å². The van der Waals surface area contributed by atoms with Crippen LogP contribution in [0.4, 0.5) is 22.4 Å².